The third-order valence-corrected chi connectivity index (χ3v) is 8.85. The zero-order valence-electron chi connectivity index (χ0n) is 23.9. The van der Waals surface area contributed by atoms with Gasteiger partial charge >= 0.3 is 5.69 Å². The first-order valence-electron chi connectivity index (χ1n) is 14.4. The predicted octanol–water partition coefficient (Wildman–Crippen LogP) is 5.42. The molecule has 1 N–H and O–H groups in total. The van der Waals surface area contributed by atoms with Gasteiger partial charge in [0.2, 0.25) is 0 Å². The van der Waals surface area contributed by atoms with Crippen LogP contribution in [0.3, 0.4) is 0 Å². The highest BCUT2D eigenvalue weighted by molar-refractivity contribution is 5.98. The Labute approximate surface area is 239 Å². The van der Waals surface area contributed by atoms with Crippen molar-refractivity contribution in [1.29, 1.82) is 0 Å². The number of amides is 2. The Bertz CT molecular complexity index is 1660. The maximum Gasteiger partial charge on any atom is 0.326 e. The second-order valence-corrected chi connectivity index (χ2v) is 11.7. The molecule has 0 radical (unpaired) electrons. The summed E-state index contributed by atoms with van der Waals surface area (Å²) in [6.45, 7) is 8.16. The number of imidazole rings is 1. The Balaban J connectivity index is 1.13. The number of anilines is 1. The van der Waals surface area contributed by atoms with E-state index in [2.05, 4.69) is 37.9 Å². The van der Waals surface area contributed by atoms with Crippen LogP contribution in [-0.2, 0) is 16.8 Å². The summed E-state index contributed by atoms with van der Waals surface area (Å²) in [5.74, 6) is 0.618. The Hall–Kier alpha value is -4.33. The van der Waals surface area contributed by atoms with Gasteiger partial charge in [-0.05, 0) is 72.2 Å². The van der Waals surface area contributed by atoms with E-state index in [1.54, 1.807) is 4.90 Å². The van der Waals surface area contributed by atoms with Crippen LogP contribution < -0.4 is 15.3 Å². The van der Waals surface area contributed by atoms with E-state index >= 15 is 0 Å². The molecular weight excluding hydrogens is 516 g/mol. The zero-order valence-corrected chi connectivity index (χ0v) is 23.9. The van der Waals surface area contributed by atoms with Crippen molar-refractivity contribution >= 4 is 28.5 Å². The standard InChI is InChI=1S/C33H36N4O4/c1-4-33(2,3)24-13-14-29-28(19-24)36(30(38)21-41-29)20-22-9-11-23(12-10-22)31(39)35-17-15-25(16-18-35)37-27-8-6-5-7-26(27)34-32(37)40/h5-14,19,25H,4,15-18,20-21H2,1-3H3,(H,34,40). The molecule has 41 heavy (non-hydrogen) atoms. The molecule has 1 saturated heterocycles. The van der Waals surface area contributed by atoms with Crippen molar-refractivity contribution < 1.29 is 14.3 Å². The van der Waals surface area contributed by atoms with Crippen molar-refractivity contribution in [3.63, 3.8) is 0 Å². The van der Waals surface area contributed by atoms with E-state index in [9.17, 15) is 14.4 Å². The lowest BCUT2D eigenvalue weighted by molar-refractivity contribution is -0.121. The van der Waals surface area contributed by atoms with E-state index in [-0.39, 0.29) is 35.6 Å². The van der Waals surface area contributed by atoms with Crippen LogP contribution in [-0.4, -0.2) is 46.0 Å². The Kier molecular flexibility index (Phi) is 6.93. The number of fused-ring (bicyclic) bond motifs is 2. The fraction of sp³-hybridized carbons (Fsp3) is 0.364. The van der Waals surface area contributed by atoms with Crippen molar-refractivity contribution in [3.05, 3.63) is 93.9 Å². The summed E-state index contributed by atoms with van der Waals surface area (Å²) in [5.41, 5.74) is 5.16. The average molecular weight is 553 g/mol. The van der Waals surface area contributed by atoms with Gasteiger partial charge in [-0.15, -0.1) is 0 Å². The molecule has 1 aromatic heterocycles. The molecule has 2 aliphatic rings. The normalized spacial score (nSPS) is 16.1. The number of rotatable bonds is 6. The molecule has 2 aliphatic heterocycles. The van der Waals surface area contributed by atoms with Gasteiger partial charge in [0.15, 0.2) is 6.61 Å². The molecule has 2 amide bonds. The van der Waals surface area contributed by atoms with E-state index in [0.717, 1.165) is 41.5 Å². The molecule has 3 aromatic carbocycles. The van der Waals surface area contributed by atoms with E-state index in [0.29, 0.717) is 30.9 Å². The molecule has 0 spiro atoms. The topological polar surface area (TPSA) is 87.6 Å². The maximum atomic E-state index is 13.3. The molecule has 0 unspecified atom stereocenters. The third-order valence-electron chi connectivity index (χ3n) is 8.85. The molecule has 212 valence electrons. The van der Waals surface area contributed by atoms with Gasteiger partial charge in [-0.3, -0.25) is 14.2 Å². The fourth-order valence-electron chi connectivity index (χ4n) is 5.88. The molecule has 3 heterocycles. The van der Waals surface area contributed by atoms with Gasteiger partial charge in [0.1, 0.15) is 5.75 Å². The highest BCUT2D eigenvalue weighted by atomic mass is 16.5. The predicted molar refractivity (Wildman–Crippen MR) is 160 cm³/mol. The summed E-state index contributed by atoms with van der Waals surface area (Å²) in [4.78, 5) is 45.4. The highest BCUT2D eigenvalue weighted by Gasteiger charge is 2.29. The molecule has 0 atom stereocenters. The van der Waals surface area contributed by atoms with E-state index in [1.807, 2.05) is 64.1 Å². The second-order valence-electron chi connectivity index (χ2n) is 11.7. The van der Waals surface area contributed by atoms with Gasteiger partial charge in [0.05, 0.1) is 23.3 Å². The molecule has 6 rings (SSSR count). The van der Waals surface area contributed by atoms with Crippen LogP contribution in [0, 0.1) is 0 Å². The van der Waals surface area contributed by atoms with Crippen LogP contribution in [0.4, 0.5) is 5.69 Å². The number of carbonyl (C=O) groups excluding carboxylic acids is 2. The Morgan fingerprint density at radius 3 is 2.46 bits per heavy atom. The largest absolute Gasteiger partial charge is 0.482 e. The van der Waals surface area contributed by atoms with E-state index < -0.39 is 0 Å². The highest BCUT2D eigenvalue weighted by Crippen LogP contribution is 2.38. The lowest BCUT2D eigenvalue weighted by Gasteiger charge is -2.33. The number of aromatic amines is 1. The molecule has 8 heteroatoms. The van der Waals surface area contributed by atoms with Crippen molar-refractivity contribution in [1.82, 2.24) is 14.5 Å². The SMILES string of the molecule is CCC(C)(C)c1ccc2c(c1)N(Cc1ccc(C(=O)N3CCC(n4c(=O)[nH]c5ccccc54)CC3)cc1)C(=O)CO2. The van der Waals surface area contributed by atoms with Crippen molar-refractivity contribution in [2.45, 2.75) is 58.0 Å². The van der Waals surface area contributed by atoms with Gasteiger partial charge in [-0.25, -0.2) is 4.79 Å². The van der Waals surface area contributed by atoms with Crippen LogP contribution in [0.25, 0.3) is 11.0 Å². The number of benzene rings is 3. The van der Waals surface area contributed by atoms with Gasteiger partial charge in [0, 0.05) is 24.7 Å². The van der Waals surface area contributed by atoms with E-state index in [4.69, 9.17) is 4.74 Å². The summed E-state index contributed by atoms with van der Waals surface area (Å²) in [5, 5.41) is 0. The third kappa shape index (κ3) is 5.03. The molecule has 0 aliphatic carbocycles. The van der Waals surface area contributed by atoms with Crippen LogP contribution in [0.5, 0.6) is 5.75 Å². The van der Waals surface area contributed by atoms with Crippen molar-refractivity contribution in [3.8, 4) is 5.75 Å². The van der Waals surface area contributed by atoms with Crippen molar-refractivity contribution in [2.24, 2.45) is 0 Å². The van der Waals surface area contributed by atoms with Crippen LogP contribution in [0.2, 0.25) is 0 Å². The van der Waals surface area contributed by atoms with Crippen LogP contribution in [0.15, 0.2) is 71.5 Å². The molecule has 0 bridgehead atoms. The lowest BCUT2D eigenvalue weighted by Crippen LogP contribution is -2.40. The first-order valence-corrected chi connectivity index (χ1v) is 14.4. The molecule has 0 saturated carbocycles. The number of carbonyl (C=O) groups is 2. The fourth-order valence-corrected chi connectivity index (χ4v) is 5.88. The second kappa shape index (κ2) is 10.6. The molecule has 4 aromatic rings. The number of nitrogens with one attached hydrogen (secondary N) is 1. The first-order chi connectivity index (χ1) is 19.7. The van der Waals surface area contributed by atoms with Gasteiger partial charge in [0.25, 0.3) is 11.8 Å². The summed E-state index contributed by atoms with van der Waals surface area (Å²) in [6, 6.07) is 21.4. The summed E-state index contributed by atoms with van der Waals surface area (Å²) in [7, 11) is 0. The number of aromatic nitrogens is 2. The minimum Gasteiger partial charge on any atom is -0.482 e. The number of para-hydroxylation sites is 2. The summed E-state index contributed by atoms with van der Waals surface area (Å²) in [6.07, 6.45) is 2.43. The maximum absolute atomic E-state index is 13.3. The number of hydrogen-bond acceptors (Lipinski definition) is 4. The number of hydrogen-bond donors (Lipinski definition) is 1. The van der Waals surface area contributed by atoms with Crippen molar-refractivity contribution in [2.75, 3.05) is 24.6 Å². The number of H-pyrrole nitrogens is 1. The lowest BCUT2D eigenvalue weighted by atomic mass is 9.82. The molecule has 1 fully saturated rings. The van der Waals surface area contributed by atoms with Crippen LogP contribution in [0.1, 0.15) is 67.6 Å². The van der Waals surface area contributed by atoms with Gasteiger partial charge in [-0.1, -0.05) is 51.1 Å². The number of nitrogens with zero attached hydrogens (tertiary/aromatic N) is 3. The molecule has 8 nitrogen and oxygen atoms in total. The van der Waals surface area contributed by atoms with Gasteiger partial charge in [-0.2, -0.15) is 0 Å². The summed E-state index contributed by atoms with van der Waals surface area (Å²) < 4.78 is 7.56. The summed E-state index contributed by atoms with van der Waals surface area (Å²) >= 11 is 0. The Morgan fingerprint density at radius 1 is 1.00 bits per heavy atom. The number of piperidine rings is 1. The monoisotopic (exact) mass is 552 g/mol. The first kappa shape index (κ1) is 26.9. The Morgan fingerprint density at radius 2 is 1.73 bits per heavy atom. The average Bonchev–Trinajstić information content (AvgIpc) is 3.34. The smallest absolute Gasteiger partial charge is 0.326 e. The number of likely N-dealkylation sites (tertiary alicyclic amines) is 1. The number of ether oxygens (including phenoxy) is 1. The quantitative estimate of drug-likeness (QED) is 0.346. The van der Waals surface area contributed by atoms with E-state index in [1.165, 1.54) is 5.56 Å². The minimum atomic E-state index is -0.0989. The molecular formula is C33H36N4O4. The minimum absolute atomic E-state index is 0.0109. The van der Waals surface area contributed by atoms with Gasteiger partial charge < -0.3 is 19.5 Å². The zero-order chi connectivity index (χ0) is 28.7. The van der Waals surface area contributed by atoms with Crippen LogP contribution >= 0.6 is 0 Å².